The minimum absolute atomic E-state index is 0.0659. The molecule has 1 heterocycles. The van der Waals surface area contributed by atoms with Gasteiger partial charge in [0.15, 0.2) is 0 Å². The van der Waals surface area contributed by atoms with Gasteiger partial charge in [-0.3, -0.25) is 4.79 Å². The summed E-state index contributed by atoms with van der Waals surface area (Å²) < 4.78 is 0.998. The molecule has 2 N–H and O–H groups in total. The molecule has 0 aliphatic heterocycles. The molecule has 72 valence electrons. The third-order valence-corrected chi connectivity index (χ3v) is 2.80. The second kappa shape index (κ2) is 3.02. The molecule has 0 saturated carbocycles. The fourth-order valence-corrected chi connectivity index (χ4v) is 1.73. The minimum atomic E-state index is -0.505. The normalized spacial score (nSPS) is 10.6. The average molecular weight is 256 g/mol. The molecule has 1 aromatic carbocycles. The fourth-order valence-electron chi connectivity index (χ4n) is 1.26. The van der Waals surface area contributed by atoms with Crippen LogP contribution < -0.4 is 5.56 Å². The molecule has 0 spiro atoms. The fraction of sp³-hybridized carbons (Fsp3) is 0. The largest absolute Gasteiger partial charge is 0.507 e. The summed E-state index contributed by atoms with van der Waals surface area (Å²) in [7, 11) is 0. The number of nitrogens with zero attached hydrogens (tertiary/aromatic N) is 1. The van der Waals surface area contributed by atoms with Crippen molar-refractivity contribution < 1.29 is 10.3 Å². The molecule has 1 aromatic heterocycles. The molecule has 14 heavy (non-hydrogen) atoms. The predicted molar refractivity (Wildman–Crippen MR) is 54.8 cm³/mol. The van der Waals surface area contributed by atoms with E-state index in [0.29, 0.717) is 20.1 Å². The topological polar surface area (TPSA) is 62.5 Å². The van der Waals surface area contributed by atoms with Gasteiger partial charge in [0.25, 0.3) is 5.56 Å². The maximum Gasteiger partial charge on any atom is 0.283 e. The van der Waals surface area contributed by atoms with E-state index in [1.807, 2.05) is 0 Å². The van der Waals surface area contributed by atoms with Crippen LogP contribution in [0.5, 0.6) is 5.75 Å². The van der Waals surface area contributed by atoms with Crippen molar-refractivity contribution in [3.63, 3.8) is 0 Å². The monoisotopic (exact) mass is 255 g/mol. The number of aromatic hydroxyl groups is 1. The van der Waals surface area contributed by atoms with Gasteiger partial charge in [-0.15, -0.1) is 4.73 Å². The number of aromatic nitrogens is 1. The molecule has 0 bridgehead atoms. The van der Waals surface area contributed by atoms with Gasteiger partial charge in [-0.05, 0) is 34.1 Å². The van der Waals surface area contributed by atoms with Gasteiger partial charge in [0.1, 0.15) is 5.75 Å². The molecule has 0 fully saturated rings. The Morgan fingerprint density at radius 3 is 2.64 bits per heavy atom. The first-order valence-corrected chi connectivity index (χ1v) is 4.63. The molecule has 0 aliphatic rings. The highest BCUT2D eigenvalue weighted by Crippen LogP contribution is 2.30. The molecule has 5 heteroatoms. The molecule has 0 radical (unpaired) electrons. The van der Waals surface area contributed by atoms with E-state index < -0.39 is 5.56 Å². The zero-order valence-electron chi connectivity index (χ0n) is 6.94. The summed E-state index contributed by atoms with van der Waals surface area (Å²) in [5, 5.41) is 19.3. The number of halogens is 1. The van der Waals surface area contributed by atoms with Gasteiger partial charge in [0.05, 0.1) is 9.99 Å². The first-order chi connectivity index (χ1) is 6.61. The van der Waals surface area contributed by atoms with Crippen molar-refractivity contribution in [3.8, 4) is 5.75 Å². The number of phenols is 1. The first kappa shape index (κ1) is 9.08. The number of fused-ring (bicyclic) bond motifs is 1. The summed E-state index contributed by atoms with van der Waals surface area (Å²) in [5.74, 6) is 0.0659. The van der Waals surface area contributed by atoms with Crippen molar-refractivity contribution in [1.82, 2.24) is 4.73 Å². The highest BCUT2D eigenvalue weighted by molar-refractivity contribution is 9.10. The highest BCUT2D eigenvalue weighted by atomic mass is 79.9. The molecule has 0 atom stereocenters. The molecular weight excluding hydrogens is 250 g/mol. The second-order valence-corrected chi connectivity index (χ2v) is 3.61. The Kier molecular flexibility index (Phi) is 1.96. The van der Waals surface area contributed by atoms with Crippen LogP contribution >= 0.6 is 15.9 Å². The standard InChI is InChI=1S/C9H6BrNO3/c10-9-5-1-4-8(13)11(14)6(5)2-3-7(9)12/h1-4,12,14H. The lowest BCUT2D eigenvalue weighted by atomic mass is 10.2. The van der Waals surface area contributed by atoms with Crippen LogP contribution in [0.3, 0.4) is 0 Å². The Bertz CT molecular complexity index is 562. The Balaban J connectivity index is 3.01. The number of phenolic OH excluding ortho intramolecular Hbond substituents is 1. The van der Waals surface area contributed by atoms with Crippen LogP contribution in [0, 0.1) is 0 Å². The van der Waals surface area contributed by atoms with Crippen LogP contribution in [0.1, 0.15) is 0 Å². The zero-order chi connectivity index (χ0) is 10.3. The first-order valence-electron chi connectivity index (χ1n) is 3.84. The summed E-state index contributed by atoms with van der Waals surface area (Å²) in [6.45, 7) is 0. The Morgan fingerprint density at radius 2 is 1.93 bits per heavy atom. The van der Waals surface area contributed by atoms with Crippen LogP contribution in [0.4, 0.5) is 0 Å². The van der Waals surface area contributed by atoms with E-state index in [4.69, 9.17) is 0 Å². The van der Waals surface area contributed by atoms with Crippen LogP contribution in [0.25, 0.3) is 10.9 Å². The summed E-state index contributed by atoms with van der Waals surface area (Å²) in [6, 6.07) is 5.64. The summed E-state index contributed by atoms with van der Waals surface area (Å²) >= 11 is 3.16. The Hall–Kier alpha value is -1.49. The van der Waals surface area contributed by atoms with Gasteiger partial charge >= 0.3 is 0 Å². The summed E-state index contributed by atoms with van der Waals surface area (Å²) in [6.07, 6.45) is 0. The van der Waals surface area contributed by atoms with Gasteiger partial charge in [-0.25, -0.2) is 0 Å². The molecule has 0 saturated heterocycles. The number of pyridine rings is 1. The maximum absolute atomic E-state index is 11.1. The van der Waals surface area contributed by atoms with E-state index in [-0.39, 0.29) is 5.75 Å². The highest BCUT2D eigenvalue weighted by Gasteiger charge is 2.07. The molecule has 0 aliphatic carbocycles. The zero-order valence-corrected chi connectivity index (χ0v) is 8.52. The SMILES string of the molecule is O=c1ccc2c(Br)c(O)ccc2n1O. The smallest absolute Gasteiger partial charge is 0.283 e. The van der Waals surface area contributed by atoms with E-state index in [9.17, 15) is 15.1 Å². The second-order valence-electron chi connectivity index (χ2n) is 2.81. The van der Waals surface area contributed by atoms with Gasteiger partial charge in [0.2, 0.25) is 0 Å². The Morgan fingerprint density at radius 1 is 1.21 bits per heavy atom. The average Bonchev–Trinajstić information content (AvgIpc) is 2.17. The van der Waals surface area contributed by atoms with Crippen LogP contribution in [-0.4, -0.2) is 15.0 Å². The van der Waals surface area contributed by atoms with E-state index in [0.717, 1.165) is 0 Å². The van der Waals surface area contributed by atoms with Crippen LogP contribution in [-0.2, 0) is 0 Å². The van der Waals surface area contributed by atoms with Gasteiger partial charge in [-0.2, -0.15) is 0 Å². The molecule has 0 unspecified atom stereocenters. The molecule has 4 nitrogen and oxygen atoms in total. The summed E-state index contributed by atoms with van der Waals surface area (Å²) in [4.78, 5) is 11.1. The lowest BCUT2D eigenvalue weighted by molar-refractivity contribution is 0.188. The summed E-state index contributed by atoms with van der Waals surface area (Å²) in [5.41, 5.74) is -0.155. The number of hydrogen-bond donors (Lipinski definition) is 2. The van der Waals surface area contributed by atoms with Crippen molar-refractivity contribution in [2.24, 2.45) is 0 Å². The minimum Gasteiger partial charge on any atom is -0.507 e. The van der Waals surface area contributed by atoms with Crippen LogP contribution in [0.15, 0.2) is 33.5 Å². The van der Waals surface area contributed by atoms with E-state index in [2.05, 4.69) is 15.9 Å². The van der Waals surface area contributed by atoms with Crippen molar-refractivity contribution >= 4 is 26.8 Å². The molecule has 2 aromatic rings. The van der Waals surface area contributed by atoms with Crippen LogP contribution in [0.2, 0.25) is 0 Å². The number of rotatable bonds is 0. The quantitative estimate of drug-likeness (QED) is 0.705. The number of hydrogen-bond acceptors (Lipinski definition) is 3. The lowest BCUT2D eigenvalue weighted by Crippen LogP contribution is -2.16. The van der Waals surface area contributed by atoms with E-state index in [1.165, 1.54) is 24.3 Å². The van der Waals surface area contributed by atoms with Crippen molar-refractivity contribution in [1.29, 1.82) is 0 Å². The molecular formula is C9H6BrNO3. The third kappa shape index (κ3) is 1.17. The van der Waals surface area contributed by atoms with Crippen molar-refractivity contribution in [2.45, 2.75) is 0 Å². The van der Waals surface area contributed by atoms with Gasteiger partial charge in [-0.1, -0.05) is 0 Å². The number of benzene rings is 1. The third-order valence-electron chi connectivity index (χ3n) is 1.97. The van der Waals surface area contributed by atoms with Crippen molar-refractivity contribution in [2.75, 3.05) is 0 Å². The predicted octanol–water partition coefficient (Wildman–Crippen LogP) is 1.71. The van der Waals surface area contributed by atoms with E-state index >= 15 is 0 Å². The lowest BCUT2D eigenvalue weighted by Gasteiger charge is -2.05. The molecule has 2 rings (SSSR count). The molecule has 0 amide bonds. The maximum atomic E-state index is 11.1. The van der Waals surface area contributed by atoms with E-state index in [1.54, 1.807) is 0 Å². The van der Waals surface area contributed by atoms with Gasteiger partial charge < -0.3 is 10.3 Å². The Labute approximate surface area is 87.1 Å². The van der Waals surface area contributed by atoms with Crippen molar-refractivity contribution in [3.05, 3.63) is 39.1 Å². The van der Waals surface area contributed by atoms with Gasteiger partial charge in [0, 0.05) is 11.5 Å².